The molecule has 2 aromatic heterocycles. The van der Waals surface area contributed by atoms with E-state index < -0.39 is 12.2 Å². The molecule has 9 nitrogen and oxygen atoms in total. The molecular formula is C31H32BrFN8O. The molecule has 4 aromatic rings. The molecule has 0 bridgehead atoms. The maximum atomic E-state index is 13.5. The van der Waals surface area contributed by atoms with Crippen molar-refractivity contribution < 1.29 is 9.18 Å². The van der Waals surface area contributed by atoms with Crippen LogP contribution in [0.1, 0.15) is 72.9 Å². The van der Waals surface area contributed by atoms with Gasteiger partial charge in [-0.3, -0.25) is 9.78 Å². The van der Waals surface area contributed by atoms with Gasteiger partial charge in [0.2, 0.25) is 0 Å². The maximum absolute atomic E-state index is 13.5. The zero-order valence-corrected chi connectivity index (χ0v) is 25.3. The summed E-state index contributed by atoms with van der Waals surface area (Å²) in [6.07, 6.45) is 4.72. The minimum Gasteiger partial charge on any atom is -0.383 e. The number of carbonyl (C=O) groups is 1. The van der Waals surface area contributed by atoms with Gasteiger partial charge < -0.3 is 15.5 Å². The number of fused-ring (bicyclic) bond motifs is 1. The monoisotopic (exact) mass is 630 g/mol. The number of nitrogens with one attached hydrogen (secondary N) is 2. The minimum atomic E-state index is -0.967. The topological polar surface area (TPSA) is 112 Å². The highest BCUT2D eigenvalue weighted by molar-refractivity contribution is 9.10. The summed E-state index contributed by atoms with van der Waals surface area (Å²) >= 11 is 3.66. The fourth-order valence-corrected chi connectivity index (χ4v) is 5.51. The molecule has 42 heavy (non-hydrogen) atoms. The number of nitrogens with zero attached hydrogens (tertiary/aromatic N) is 6. The van der Waals surface area contributed by atoms with E-state index in [1.165, 1.54) is 4.90 Å². The summed E-state index contributed by atoms with van der Waals surface area (Å²) < 4.78 is 16.2. The summed E-state index contributed by atoms with van der Waals surface area (Å²) in [5, 5.41) is 26.7. The Morgan fingerprint density at radius 2 is 2.02 bits per heavy atom. The van der Waals surface area contributed by atoms with Crippen molar-refractivity contribution in [2.45, 2.75) is 51.9 Å². The number of hydrogen-bond acceptors (Lipinski definition) is 7. The number of likely N-dealkylation sites (tertiary alicyclic amines) is 1. The van der Waals surface area contributed by atoms with E-state index in [9.17, 15) is 14.4 Å². The summed E-state index contributed by atoms with van der Waals surface area (Å²) in [5.41, 5.74) is 4.62. The Morgan fingerprint density at radius 1 is 1.24 bits per heavy atom. The molecule has 1 saturated carbocycles. The Kier molecular flexibility index (Phi) is 7.35. The van der Waals surface area contributed by atoms with Gasteiger partial charge >= 0.3 is 0 Å². The quantitative estimate of drug-likeness (QED) is 0.237. The van der Waals surface area contributed by atoms with Crippen molar-refractivity contribution in [3.05, 3.63) is 75.6 Å². The van der Waals surface area contributed by atoms with Gasteiger partial charge in [0.05, 0.1) is 53.8 Å². The Hall–Kier alpha value is -4.04. The molecule has 216 valence electrons. The normalized spacial score (nSPS) is 16.1. The molecule has 2 fully saturated rings. The number of hydrogen-bond donors (Lipinski definition) is 2. The van der Waals surface area contributed by atoms with Gasteiger partial charge in [-0.05, 0) is 48.1 Å². The number of pyridine rings is 1. The summed E-state index contributed by atoms with van der Waals surface area (Å²) in [6, 6.07) is 13.4. The van der Waals surface area contributed by atoms with Crippen LogP contribution in [0.25, 0.3) is 10.9 Å². The first kappa shape index (κ1) is 28.1. The highest BCUT2D eigenvalue weighted by Gasteiger charge is 2.32. The second kappa shape index (κ2) is 11.0. The van der Waals surface area contributed by atoms with Gasteiger partial charge in [0.1, 0.15) is 17.9 Å². The number of anilines is 2. The molecule has 1 aliphatic carbocycles. The van der Waals surface area contributed by atoms with Crippen LogP contribution in [0.3, 0.4) is 0 Å². The van der Waals surface area contributed by atoms with E-state index >= 15 is 0 Å². The zero-order valence-electron chi connectivity index (χ0n) is 23.7. The highest BCUT2D eigenvalue weighted by Crippen LogP contribution is 2.38. The average molecular weight is 632 g/mol. The van der Waals surface area contributed by atoms with Gasteiger partial charge in [0, 0.05) is 28.2 Å². The lowest BCUT2D eigenvalue weighted by Crippen LogP contribution is -2.51. The number of rotatable bonds is 8. The molecule has 0 radical (unpaired) electrons. The molecule has 2 aliphatic rings. The summed E-state index contributed by atoms with van der Waals surface area (Å²) in [6.45, 7) is 7.31. The fraction of sp³-hybridized carbons (Fsp3) is 0.387. The van der Waals surface area contributed by atoms with Crippen LogP contribution in [-0.4, -0.2) is 56.6 Å². The Balaban J connectivity index is 1.42. The third kappa shape index (κ3) is 5.81. The van der Waals surface area contributed by atoms with Crippen molar-refractivity contribution in [1.29, 1.82) is 5.26 Å². The Labute approximate surface area is 252 Å². The highest BCUT2D eigenvalue weighted by atomic mass is 79.9. The largest absolute Gasteiger partial charge is 0.383 e. The third-order valence-electron chi connectivity index (χ3n) is 7.49. The van der Waals surface area contributed by atoms with Crippen molar-refractivity contribution in [1.82, 2.24) is 24.9 Å². The Morgan fingerprint density at radius 3 is 2.71 bits per heavy atom. The van der Waals surface area contributed by atoms with Crippen molar-refractivity contribution in [2.75, 3.05) is 30.3 Å². The predicted octanol–water partition coefficient (Wildman–Crippen LogP) is 6.25. The van der Waals surface area contributed by atoms with Crippen molar-refractivity contribution in [3.63, 3.8) is 0 Å². The lowest BCUT2D eigenvalue weighted by atomic mass is 9.96. The van der Waals surface area contributed by atoms with Gasteiger partial charge in [0.25, 0.3) is 5.91 Å². The van der Waals surface area contributed by atoms with Gasteiger partial charge in [-0.2, -0.15) is 5.26 Å². The van der Waals surface area contributed by atoms with Gasteiger partial charge in [-0.15, -0.1) is 5.10 Å². The molecule has 1 aliphatic heterocycles. The predicted molar refractivity (Wildman–Crippen MR) is 163 cm³/mol. The van der Waals surface area contributed by atoms with E-state index in [-0.39, 0.29) is 24.4 Å². The van der Waals surface area contributed by atoms with E-state index in [1.54, 1.807) is 12.3 Å². The molecule has 1 saturated heterocycles. The van der Waals surface area contributed by atoms with Crippen LogP contribution in [0.2, 0.25) is 0 Å². The molecule has 3 heterocycles. The van der Waals surface area contributed by atoms with E-state index in [1.807, 2.05) is 41.2 Å². The van der Waals surface area contributed by atoms with Crippen LogP contribution in [0.15, 0.2) is 53.3 Å². The van der Waals surface area contributed by atoms with Gasteiger partial charge in [-0.1, -0.05) is 54.0 Å². The molecule has 0 spiro atoms. The van der Waals surface area contributed by atoms with Crippen molar-refractivity contribution >= 4 is 44.1 Å². The maximum Gasteiger partial charge on any atom is 0.254 e. The van der Waals surface area contributed by atoms with Crippen LogP contribution in [0, 0.1) is 16.7 Å². The minimum absolute atomic E-state index is 0.00247. The first-order valence-electron chi connectivity index (χ1n) is 14.1. The number of carbonyl (C=O) groups excluding carboxylic acids is 1. The molecule has 6 rings (SSSR count). The lowest BCUT2D eigenvalue weighted by Gasteiger charge is -2.34. The van der Waals surface area contributed by atoms with Gasteiger partial charge in [0.15, 0.2) is 0 Å². The molecule has 1 atom stereocenters. The fourth-order valence-electron chi connectivity index (χ4n) is 5.05. The first-order chi connectivity index (χ1) is 20.1. The molecule has 11 heteroatoms. The summed E-state index contributed by atoms with van der Waals surface area (Å²) in [4.78, 5) is 19.3. The number of aromatic nitrogens is 4. The number of halogens is 2. The number of benzene rings is 2. The van der Waals surface area contributed by atoms with Crippen LogP contribution in [-0.2, 0) is 0 Å². The SMILES string of the molecule is CC(C)(C)CNc1c(C#N)cnc2c(N[C@@H](c3cccc(C(=O)N4CC(F)C4)c3)c3cn(C4CC4)nn3)cc(Br)cc12. The van der Waals surface area contributed by atoms with Crippen LogP contribution < -0.4 is 10.6 Å². The van der Waals surface area contributed by atoms with E-state index in [2.05, 4.69) is 63.7 Å². The first-order valence-corrected chi connectivity index (χ1v) is 14.9. The molecule has 2 aromatic carbocycles. The molecule has 0 unspecified atom stereocenters. The van der Waals surface area contributed by atoms with Gasteiger partial charge in [-0.25, -0.2) is 9.07 Å². The molecule has 2 N–H and O–H groups in total. The molecule has 1 amide bonds. The van der Waals surface area contributed by atoms with E-state index in [4.69, 9.17) is 4.98 Å². The third-order valence-corrected chi connectivity index (χ3v) is 7.95. The summed E-state index contributed by atoms with van der Waals surface area (Å²) in [5.74, 6) is -0.195. The average Bonchev–Trinajstić information content (AvgIpc) is 3.68. The number of alkyl halides is 1. The lowest BCUT2D eigenvalue weighted by molar-refractivity contribution is 0.0400. The summed E-state index contributed by atoms with van der Waals surface area (Å²) in [7, 11) is 0. The smallest absolute Gasteiger partial charge is 0.254 e. The molecular weight excluding hydrogens is 599 g/mol. The van der Waals surface area contributed by atoms with Crippen LogP contribution in [0.5, 0.6) is 0 Å². The standard InChI is InChI=1S/C31H32BrFN8O/c1-31(2,3)17-36-27-20(12-34)13-35-29-24(27)10-21(32)11-25(29)37-28(26-16-41(39-38-26)23-7-8-23)18-5-4-6-19(9-18)30(42)40-14-22(33)15-40/h4-6,9-11,13,16,22-23,28,37H,7-8,14-15,17H2,1-3H3,(H,35,36)/t28-/m0/s1. The van der Waals surface area contributed by atoms with Crippen LogP contribution >= 0.6 is 15.9 Å². The second-order valence-corrected chi connectivity index (χ2v) is 13.2. The van der Waals surface area contributed by atoms with Crippen LogP contribution in [0.4, 0.5) is 15.8 Å². The van der Waals surface area contributed by atoms with E-state index in [0.717, 1.165) is 39.6 Å². The van der Waals surface area contributed by atoms with Crippen molar-refractivity contribution in [3.8, 4) is 6.07 Å². The second-order valence-electron chi connectivity index (χ2n) is 12.3. The number of amides is 1. The van der Waals surface area contributed by atoms with Crippen molar-refractivity contribution in [2.24, 2.45) is 5.41 Å². The zero-order chi connectivity index (χ0) is 29.6. The van der Waals surface area contributed by atoms with E-state index in [0.29, 0.717) is 34.9 Å². The number of nitriles is 1. The Bertz CT molecular complexity index is 1700.